The average Bonchev–Trinajstić information content (AvgIpc) is 2.39. The van der Waals surface area contributed by atoms with Gasteiger partial charge in [0.15, 0.2) is 0 Å². The molecule has 0 saturated heterocycles. The first kappa shape index (κ1) is 13.6. The van der Waals surface area contributed by atoms with E-state index in [-0.39, 0.29) is 6.10 Å². The van der Waals surface area contributed by atoms with Gasteiger partial charge >= 0.3 is 0 Å². The molecular weight excluding hydrogens is 234 g/mol. The van der Waals surface area contributed by atoms with Crippen LogP contribution in [0.3, 0.4) is 0 Å². The van der Waals surface area contributed by atoms with E-state index < -0.39 is 0 Å². The van der Waals surface area contributed by atoms with E-state index in [1.54, 1.807) is 0 Å². The smallest absolute Gasteiger partial charge is 0.120 e. The predicted molar refractivity (Wildman–Crippen MR) is 80.4 cm³/mol. The Balaban J connectivity index is 2.21. The molecule has 0 saturated carbocycles. The number of benzene rings is 2. The molecule has 0 aromatic heterocycles. The molecule has 1 N–H and O–H groups in total. The van der Waals surface area contributed by atoms with Gasteiger partial charge in [0, 0.05) is 6.54 Å². The van der Waals surface area contributed by atoms with Gasteiger partial charge in [0.2, 0.25) is 0 Å². The Morgan fingerprint density at radius 2 is 1.74 bits per heavy atom. The zero-order valence-corrected chi connectivity index (χ0v) is 11.8. The monoisotopic (exact) mass is 255 g/mol. The molecule has 100 valence electrons. The fraction of sp³-hybridized carbons (Fsp3) is 0.294. The van der Waals surface area contributed by atoms with Crippen LogP contribution in [0.15, 0.2) is 48.5 Å². The van der Waals surface area contributed by atoms with Crippen molar-refractivity contribution in [3.63, 3.8) is 0 Å². The first-order chi connectivity index (χ1) is 9.19. The van der Waals surface area contributed by atoms with Crippen molar-refractivity contribution in [2.45, 2.75) is 26.5 Å². The van der Waals surface area contributed by atoms with Crippen LogP contribution in [0, 0.1) is 0 Å². The number of hydrogen-bond acceptors (Lipinski definition) is 2. The first-order valence-electron chi connectivity index (χ1n) is 6.69. The molecule has 0 aliphatic rings. The third-order valence-corrected chi connectivity index (χ3v) is 2.87. The Labute approximate surface area is 115 Å². The molecule has 2 aromatic carbocycles. The fourth-order valence-electron chi connectivity index (χ4n) is 2.04. The maximum absolute atomic E-state index is 5.73. The molecule has 0 radical (unpaired) electrons. The molecule has 0 fully saturated rings. The van der Waals surface area contributed by atoms with Gasteiger partial charge in [0.1, 0.15) is 5.75 Å². The topological polar surface area (TPSA) is 21.3 Å². The summed E-state index contributed by atoms with van der Waals surface area (Å²) in [6.45, 7) is 4.98. The second-order valence-corrected chi connectivity index (χ2v) is 4.92. The number of rotatable bonds is 5. The Morgan fingerprint density at radius 3 is 2.37 bits per heavy atom. The van der Waals surface area contributed by atoms with Gasteiger partial charge < -0.3 is 10.1 Å². The lowest BCUT2D eigenvalue weighted by Gasteiger charge is -2.11. The van der Waals surface area contributed by atoms with Crippen LogP contribution in [0.4, 0.5) is 0 Å². The summed E-state index contributed by atoms with van der Waals surface area (Å²) >= 11 is 0. The van der Waals surface area contributed by atoms with E-state index in [1.807, 2.05) is 33.0 Å². The molecule has 0 unspecified atom stereocenters. The van der Waals surface area contributed by atoms with Crippen LogP contribution < -0.4 is 10.1 Å². The molecule has 2 heteroatoms. The maximum Gasteiger partial charge on any atom is 0.120 e. The number of nitrogens with one attached hydrogen (secondary N) is 1. The highest BCUT2D eigenvalue weighted by atomic mass is 16.5. The highest BCUT2D eigenvalue weighted by Crippen LogP contribution is 2.24. The Kier molecular flexibility index (Phi) is 4.58. The van der Waals surface area contributed by atoms with Crippen LogP contribution in [0.5, 0.6) is 5.75 Å². The fourth-order valence-corrected chi connectivity index (χ4v) is 2.04. The van der Waals surface area contributed by atoms with Crippen molar-refractivity contribution < 1.29 is 4.74 Å². The summed E-state index contributed by atoms with van der Waals surface area (Å²) in [4.78, 5) is 0. The van der Waals surface area contributed by atoms with Gasteiger partial charge in [0.05, 0.1) is 6.10 Å². The molecule has 0 atom stereocenters. The van der Waals surface area contributed by atoms with Gasteiger partial charge in [-0.1, -0.05) is 36.4 Å². The molecular formula is C17H21NO. The summed E-state index contributed by atoms with van der Waals surface area (Å²) in [5.41, 5.74) is 3.70. The van der Waals surface area contributed by atoms with Crippen molar-refractivity contribution in [2.75, 3.05) is 7.05 Å². The normalized spacial score (nSPS) is 10.7. The number of ether oxygens (including phenoxy) is 1. The van der Waals surface area contributed by atoms with E-state index in [2.05, 4.69) is 41.7 Å². The second-order valence-electron chi connectivity index (χ2n) is 4.92. The van der Waals surface area contributed by atoms with E-state index in [1.165, 1.54) is 16.7 Å². The zero-order valence-electron chi connectivity index (χ0n) is 11.8. The third-order valence-electron chi connectivity index (χ3n) is 2.87. The van der Waals surface area contributed by atoms with Crippen LogP contribution >= 0.6 is 0 Å². The van der Waals surface area contributed by atoms with Crippen LogP contribution in [0.1, 0.15) is 19.4 Å². The van der Waals surface area contributed by atoms with Gasteiger partial charge in [-0.15, -0.1) is 0 Å². The van der Waals surface area contributed by atoms with E-state index >= 15 is 0 Å². The predicted octanol–water partition coefficient (Wildman–Crippen LogP) is 3.86. The largest absolute Gasteiger partial charge is 0.491 e. The van der Waals surface area contributed by atoms with E-state index in [0.29, 0.717) is 0 Å². The molecule has 0 bridgehead atoms. The minimum atomic E-state index is 0.202. The van der Waals surface area contributed by atoms with Crippen LogP contribution in [0.25, 0.3) is 11.1 Å². The van der Waals surface area contributed by atoms with Gasteiger partial charge in [-0.3, -0.25) is 0 Å². The lowest BCUT2D eigenvalue weighted by molar-refractivity contribution is 0.242. The standard InChI is InChI=1S/C17H21NO/c1-13(2)19-17-6-4-5-16(11-17)15-9-7-14(8-10-15)12-18-3/h4-11,13,18H,12H2,1-3H3. The Bertz CT molecular complexity index is 517. The second kappa shape index (κ2) is 6.39. The quantitative estimate of drug-likeness (QED) is 0.876. The zero-order chi connectivity index (χ0) is 13.7. The highest BCUT2D eigenvalue weighted by Gasteiger charge is 2.02. The number of hydrogen-bond donors (Lipinski definition) is 1. The third kappa shape index (κ3) is 3.83. The molecule has 0 heterocycles. The summed E-state index contributed by atoms with van der Waals surface area (Å²) in [6.07, 6.45) is 0.202. The molecule has 2 nitrogen and oxygen atoms in total. The minimum Gasteiger partial charge on any atom is -0.491 e. The lowest BCUT2D eigenvalue weighted by Crippen LogP contribution is -2.05. The SMILES string of the molecule is CNCc1ccc(-c2cccc(OC(C)C)c2)cc1. The van der Waals surface area contributed by atoms with E-state index in [9.17, 15) is 0 Å². The van der Waals surface area contributed by atoms with Crippen molar-refractivity contribution in [1.29, 1.82) is 0 Å². The molecule has 0 aliphatic heterocycles. The first-order valence-corrected chi connectivity index (χ1v) is 6.69. The lowest BCUT2D eigenvalue weighted by atomic mass is 10.0. The molecule has 0 amide bonds. The Morgan fingerprint density at radius 1 is 1.00 bits per heavy atom. The van der Waals surface area contributed by atoms with Gasteiger partial charge in [-0.2, -0.15) is 0 Å². The molecule has 2 aromatic rings. The molecule has 19 heavy (non-hydrogen) atoms. The van der Waals surface area contributed by atoms with Crippen molar-refractivity contribution in [3.8, 4) is 16.9 Å². The summed E-state index contributed by atoms with van der Waals surface area (Å²) in [5.74, 6) is 0.923. The van der Waals surface area contributed by atoms with Crippen LogP contribution in [0.2, 0.25) is 0 Å². The summed E-state index contributed by atoms with van der Waals surface area (Å²) in [7, 11) is 1.96. The van der Waals surface area contributed by atoms with Crippen molar-refractivity contribution in [2.24, 2.45) is 0 Å². The summed E-state index contributed by atoms with van der Waals surface area (Å²) in [5, 5.41) is 3.15. The minimum absolute atomic E-state index is 0.202. The summed E-state index contributed by atoms with van der Waals surface area (Å²) < 4.78 is 5.73. The highest BCUT2D eigenvalue weighted by molar-refractivity contribution is 5.65. The van der Waals surface area contributed by atoms with Gasteiger partial charge in [0.25, 0.3) is 0 Å². The molecule has 0 aliphatic carbocycles. The molecule has 2 rings (SSSR count). The van der Waals surface area contributed by atoms with Crippen molar-refractivity contribution in [1.82, 2.24) is 5.32 Å². The Hall–Kier alpha value is -1.80. The van der Waals surface area contributed by atoms with E-state index in [4.69, 9.17) is 4.74 Å². The van der Waals surface area contributed by atoms with Crippen molar-refractivity contribution in [3.05, 3.63) is 54.1 Å². The van der Waals surface area contributed by atoms with Gasteiger partial charge in [-0.25, -0.2) is 0 Å². The van der Waals surface area contributed by atoms with Crippen molar-refractivity contribution >= 4 is 0 Å². The average molecular weight is 255 g/mol. The van der Waals surface area contributed by atoms with E-state index in [0.717, 1.165) is 12.3 Å². The van der Waals surface area contributed by atoms with Gasteiger partial charge in [-0.05, 0) is 49.7 Å². The summed E-state index contributed by atoms with van der Waals surface area (Å²) in [6, 6.07) is 16.9. The maximum atomic E-state index is 5.73. The molecule has 0 spiro atoms. The van der Waals surface area contributed by atoms with Crippen LogP contribution in [-0.4, -0.2) is 13.2 Å². The van der Waals surface area contributed by atoms with Crippen LogP contribution in [-0.2, 0) is 6.54 Å².